The van der Waals surface area contributed by atoms with E-state index in [0.717, 1.165) is 40.3 Å². The van der Waals surface area contributed by atoms with Crippen molar-refractivity contribution in [3.63, 3.8) is 0 Å². The zero-order valence-corrected chi connectivity index (χ0v) is 21.0. The van der Waals surface area contributed by atoms with Crippen molar-refractivity contribution in [1.29, 1.82) is 0 Å². The number of thioether (sulfide) groups is 1. The molecule has 2 aromatic heterocycles. The number of amides is 1. The van der Waals surface area contributed by atoms with E-state index in [1.54, 1.807) is 4.68 Å². The summed E-state index contributed by atoms with van der Waals surface area (Å²) in [4.78, 5) is 22.3. The van der Waals surface area contributed by atoms with Crippen LogP contribution in [0, 0.1) is 20.8 Å². The average Bonchev–Trinajstić information content (AvgIpc) is 3.23. The lowest BCUT2D eigenvalue weighted by Crippen LogP contribution is -2.16. The Labute approximate surface area is 208 Å². The van der Waals surface area contributed by atoms with Crippen LogP contribution in [0.1, 0.15) is 45.6 Å². The number of nitrogens with zero attached hydrogens (tertiary/aromatic N) is 5. The largest absolute Gasteiger partial charge is 0.320 e. The highest BCUT2D eigenvalue weighted by atomic mass is 35.5. The first-order chi connectivity index (χ1) is 16.4. The minimum absolute atomic E-state index is 0.250. The summed E-state index contributed by atoms with van der Waals surface area (Å²) in [6.07, 6.45) is 0.803. The summed E-state index contributed by atoms with van der Waals surface area (Å²) < 4.78 is 1.65. The van der Waals surface area contributed by atoms with Crippen LogP contribution in [0.2, 0.25) is 5.02 Å². The number of hydrogen-bond acceptors (Lipinski definition) is 6. The van der Waals surface area contributed by atoms with Crippen molar-refractivity contribution in [2.45, 2.75) is 45.0 Å². The first kappa shape index (κ1) is 23.9. The topological polar surface area (TPSA) is 85.6 Å². The summed E-state index contributed by atoms with van der Waals surface area (Å²) >= 11 is 7.80. The number of carbonyl (C=O) groups is 1. The molecule has 0 saturated heterocycles. The van der Waals surface area contributed by atoms with E-state index in [9.17, 15) is 4.79 Å². The Hall–Kier alpha value is -3.23. The second-order valence-electron chi connectivity index (χ2n) is 7.92. The fourth-order valence-corrected chi connectivity index (χ4v) is 4.67. The van der Waals surface area contributed by atoms with Crippen LogP contribution in [-0.4, -0.2) is 30.9 Å². The monoisotopic (exact) mass is 492 g/mol. The van der Waals surface area contributed by atoms with Crippen LogP contribution in [0.15, 0.2) is 53.7 Å². The molecule has 0 spiro atoms. The van der Waals surface area contributed by atoms with E-state index < -0.39 is 0 Å². The lowest BCUT2D eigenvalue weighted by Gasteiger charge is -2.11. The van der Waals surface area contributed by atoms with Gasteiger partial charge in [-0.25, -0.2) is 14.6 Å². The van der Waals surface area contributed by atoms with Gasteiger partial charge in [-0.15, -0.1) is 5.10 Å². The summed E-state index contributed by atoms with van der Waals surface area (Å²) in [7, 11) is 0. The number of carbonyl (C=O) groups excluding carboxylic acids is 1. The van der Waals surface area contributed by atoms with Crippen molar-refractivity contribution in [3.8, 4) is 5.69 Å². The first-order valence-electron chi connectivity index (χ1n) is 10.9. The third-order valence-electron chi connectivity index (χ3n) is 5.32. The molecule has 1 amide bonds. The van der Waals surface area contributed by atoms with Crippen LogP contribution in [0.4, 0.5) is 5.69 Å². The van der Waals surface area contributed by atoms with Crippen LogP contribution in [0.5, 0.6) is 0 Å². The van der Waals surface area contributed by atoms with Gasteiger partial charge in [0.2, 0.25) is 0 Å². The number of halogens is 1. The highest BCUT2D eigenvalue weighted by molar-refractivity contribution is 7.98. The summed E-state index contributed by atoms with van der Waals surface area (Å²) in [6, 6.07) is 15.3. The zero-order valence-electron chi connectivity index (χ0n) is 19.5. The van der Waals surface area contributed by atoms with E-state index in [2.05, 4.69) is 25.6 Å². The molecule has 2 heterocycles. The smallest absolute Gasteiger partial charge is 0.278 e. The Morgan fingerprint density at radius 3 is 2.50 bits per heavy atom. The van der Waals surface area contributed by atoms with Gasteiger partial charge in [-0.05, 0) is 62.6 Å². The van der Waals surface area contributed by atoms with E-state index in [1.807, 2.05) is 76.2 Å². The molecular formula is C25H25ClN6OS. The number of nitrogens with one attached hydrogen (secondary N) is 1. The van der Waals surface area contributed by atoms with Crippen LogP contribution in [0.25, 0.3) is 5.69 Å². The number of para-hydroxylation sites is 1. The molecule has 0 unspecified atom stereocenters. The number of aryl methyl sites for hydroxylation is 4. The normalized spacial score (nSPS) is 11.0. The number of hydrogen-bond donors (Lipinski definition) is 1. The highest BCUT2D eigenvalue weighted by Crippen LogP contribution is 2.26. The van der Waals surface area contributed by atoms with Gasteiger partial charge in [0.15, 0.2) is 10.9 Å². The van der Waals surface area contributed by atoms with E-state index >= 15 is 0 Å². The Morgan fingerprint density at radius 1 is 1.06 bits per heavy atom. The van der Waals surface area contributed by atoms with Gasteiger partial charge in [0.25, 0.3) is 5.91 Å². The number of benzene rings is 2. The van der Waals surface area contributed by atoms with Gasteiger partial charge in [0.05, 0.1) is 11.4 Å². The second-order valence-corrected chi connectivity index (χ2v) is 9.27. The minimum Gasteiger partial charge on any atom is -0.320 e. The van der Waals surface area contributed by atoms with E-state index in [0.29, 0.717) is 21.6 Å². The van der Waals surface area contributed by atoms with Crippen molar-refractivity contribution in [2.24, 2.45) is 0 Å². The first-order valence-corrected chi connectivity index (χ1v) is 12.3. The fourth-order valence-electron chi connectivity index (χ4n) is 3.55. The maximum absolute atomic E-state index is 13.3. The molecule has 0 aliphatic heterocycles. The molecule has 9 heteroatoms. The van der Waals surface area contributed by atoms with Crippen LogP contribution in [-0.2, 0) is 12.2 Å². The van der Waals surface area contributed by atoms with E-state index in [-0.39, 0.29) is 11.6 Å². The molecule has 34 heavy (non-hydrogen) atoms. The van der Waals surface area contributed by atoms with Crippen LogP contribution < -0.4 is 5.32 Å². The summed E-state index contributed by atoms with van der Waals surface area (Å²) in [5, 5.41) is 12.8. The van der Waals surface area contributed by atoms with Crippen molar-refractivity contribution >= 4 is 35.0 Å². The van der Waals surface area contributed by atoms with Crippen molar-refractivity contribution in [3.05, 3.63) is 87.5 Å². The molecule has 174 valence electrons. The summed E-state index contributed by atoms with van der Waals surface area (Å²) in [5.74, 6) is 0.0850. The predicted octanol–water partition coefficient (Wildman–Crippen LogP) is 5.74. The second kappa shape index (κ2) is 10.4. The summed E-state index contributed by atoms with van der Waals surface area (Å²) in [5.41, 5.74) is 6.17. The molecule has 7 nitrogen and oxygen atoms in total. The Kier molecular flexibility index (Phi) is 7.29. The van der Waals surface area contributed by atoms with E-state index in [1.165, 1.54) is 11.8 Å². The molecule has 0 atom stereocenters. The number of rotatable bonds is 7. The molecular weight excluding hydrogens is 468 g/mol. The molecule has 0 radical (unpaired) electrons. The average molecular weight is 493 g/mol. The maximum atomic E-state index is 13.3. The minimum atomic E-state index is -0.317. The Balaban J connectivity index is 1.71. The Bertz CT molecular complexity index is 1330. The molecule has 0 fully saturated rings. The molecule has 0 saturated carbocycles. The van der Waals surface area contributed by atoms with Gasteiger partial charge in [0.1, 0.15) is 0 Å². The van der Waals surface area contributed by atoms with Crippen molar-refractivity contribution in [1.82, 2.24) is 25.0 Å². The molecule has 4 aromatic rings. The van der Waals surface area contributed by atoms with Gasteiger partial charge < -0.3 is 5.32 Å². The summed E-state index contributed by atoms with van der Waals surface area (Å²) in [6.45, 7) is 7.85. The lowest BCUT2D eigenvalue weighted by molar-refractivity contribution is 0.102. The molecule has 0 aliphatic carbocycles. The van der Waals surface area contributed by atoms with Crippen molar-refractivity contribution < 1.29 is 4.79 Å². The lowest BCUT2D eigenvalue weighted by atomic mass is 10.1. The van der Waals surface area contributed by atoms with Gasteiger partial charge in [-0.3, -0.25) is 4.79 Å². The quantitative estimate of drug-likeness (QED) is 0.261. The standard InChI is InChI=1S/C25H25ClN6OS/c1-5-18-8-6-7-9-21(18)29-24(33)23-22(14-34-25-27-16(3)12-17(4)28-25)32(31-30-23)19-11-10-15(2)20(26)13-19/h6-13H,5,14H2,1-4H3,(H,29,33). The van der Waals surface area contributed by atoms with Gasteiger partial charge in [-0.1, -0.05) is 59.8 Å². The molecule has 1 N–H and O–H groups in total. The highest BCUT2D eigenvalue weighted by Gasteiger charge is 2.22. The SMILES string of the molecule is CCc1ccccc1NC(=O)c1nnn(-c2ccc(C)c(Cl)c2)c1CSc1nc(C)cc(C)n1. The fraction of sp³-hybridized carbons (Fsp3) is 0.240. The Morgan fingerprint density at radius 2 is 1.79 bits per heavy atom. The van der Waals surface area contributed by atoms with Gasteiger partial charge >= 0.3 is 0 Å². The maximum Gasteiger partial charge on any atom is 0.278 e. The molecule has 4 rings (SSSR count). The molecule has 0 bridgehead atoms. The number of aromatic nitrogens is 5. The van der Waals surface area contributed by atoms with Gasteiger partial charge in [-0.2, -0.15) is 0 Å². The van der Waals surface area contributed by atoms with Crippen LogP contribution in [0.3, 0.4) is 0 Å². The van der Waals surface area contributed by atoms with E-state index in [4.69, 9.17) is 11.6 Å². The third-order valence-corrected chi connectivity index (χ3v) is 6.59. The number of anilines is 1. The third kappa shape index (κ3) is 5.29. The van der Waals surface area contributed by atoms with Crippen molar-refractivity contribution in [2.75, 3.05) is 5.32 Å². The zero-order chi connectivity index (χ0) is 24.2. The van der Waals surface area contributed by atoms with Gasteiger partial charge in [0, 0.05) is 27.9 Å². The van der Waals surface area contributed by atoms with Crippen LogP contribution >= 0.6 is 23.4 Å². The predicted molar refractivity (Wildman–Crippen MR) is 136 cm³/mol. The molecule has 0 aliphatic rings. The molecule has 2 aromatic carbocycles.